The predicted octanol–water partition coefficient (Wildman–Crippen LogP) is 3.29. The first kappa shape index (κ1) is 20.9. The van der Waals surface area contributed by atoms with E-state index in [0.717, 1.165) is 6.42 Å². The molecule has 2 N–H and O–H groups in total. The van der Waals surface area contributed by atoms with Crippen LogP contribution in [0.4, 0.5) is 14.9 Å². The zero-order valence-corrected chi connectivity index (χ0v) is 17.8. The van der Waals surface area contributed by atoms with Crippen LogP contribution in [0.15, 0.2) is 41.8 Å². The number of anilines is 1. The first-order valence-corrected chi connectivity index (χ1v) is 11.1. The third-order valence-electron chi connectivity index (χ3n) is 5.01. The topological polar surface area (TPSA) is 114 Å². The molecule has 1 aromatic carbocycles. The molecule has 2 aromatic heterocycles. The van der Waals surface area contributed by atoms with E-state index in [4.69, 9.17) is 0 Å². The van der Waals surface area contributed by atoms with Gasteiger partial charge in [0.2, 0.25) is 0 Å². The molecule has 0 atom stereocenters. The van der Waals surface area contributed by atoms with Crippen LogP contribution in [0.3, 0.4) is 0 Å². The first-order valence-electron chi connectivity index (χ1n) is 9.65. The third-order valence-corrected chi connectivity index (χ3v) is 6.12. The van der Waals surface area contributed by atoms with E-state index < -0.39 is 21.2 Å². The van der Waals surface area contributed by atoms with Crippen molar-refractivity contribution in [1.82, 2.24) is 19.7 Å². The number of rotatable bonds is 4. The summed E-state index contributed by atoms with van der Waals surface area (Å²) in [6.07, 6.45) is 5.01. The van der Waals surface area contributed by atoms with Gasteiger partial charge in [-0.2, -0.15) is 8.42 Å². The van der Waals surface area contributed by atoms with Gasteiger partial charge in [0.1, 0.15) is 5.82 Å². The molecular formula is C21H20FN5O3S. The van der Waals surface area contributed by atoms with Gasteiger partial charge >= 0.3 is 16.1 Å². The number of carbonyl (C=O) groups is 1. The number of pyridine rings is 1. The zero-order valence-electron chi connectivity index (χ0n) is 16.9. The Morgan fingerprint density at radius 2 is 1.68 bits per heavy atom. The normalized spacial score (nSPS) is 13.0. The minimum absolute atomic E-state index is 0.346. The SMILES string of the molecule is Cc1cc(C)nc(S(=O)(=O)NC(=O)Nc2c(-c3ccncc3)cc(F)c3c2CCC3)n1. The quantitative estimate of drug-likeness (QED) is 0.601. The second-order valence-corrected chi connectivity index (χ2v) is 8.90. The summed E-state index contributed by atoms with van der Waals surface area (Å²) in [5.74, 6) is -0.346. The Kier molecular flexibility index (Phi) is 5.40. The molecule has 0 spiro atoms. The molecule has 0 bridgehead atoms. The molecule has 8 nitrogen and oxygen atoms in total. The number of hydrogen-bond acceptors (Lipinski definition) is 6. The van der Waals surface area contributed by atoms with Gasteiger partial charge in [0.15, 0.2) is 0 Å². The Bertz CT molecular complexity index is 1260. The van der Waals surface area contributed by atoms with Crippen LogP contribution < -0.4 is 10.0 Å². The molecule has 0 unspecified atom stereocenters. The number of sulfonamides is 1. The summed E-state index contributed by atoms with van der Waals surface area (Å²) < 4.78 is 41.8. The van der Waals surface area contributed by atoms with Crippen LogP contribution in [0.25, 0.3) is 11.1 Å². The summed E-state index contributed by atoms with van der Waals surface area (Å²) >= 11 is 0. The summed E-state index contributed by atoms with van der Waals surface area (Å²) in [6.45, 7) is 3.27. The molecule has 31 heavy (non-hydrogen) atoms. The van der Waals surface area contributed by atoms with Crippen LogP contribution >= 0.6 is 0 Å². The lowest BCUT2D eigenvalue weighted by Crippen LogP contribution is -2.36. The van der Waals surface area contributed by atoms with E-state index in [1.165, 1.54) is 6.07 Å². The average Bonchev–Trinajstić information content (AvgIpc) is 3.20. The molecule has 0 saturated heterocycles. The van der Waals surface area contributed by atoms with E-state index in [0.29, 0.717) is 52.2 Å². The fourth-order valence-electron chi connectivity index (χ4n) is 3.75. The molecule has 2 amide bonds. The van der Waals surface area contributed by atoms with Gasteiger partial charge in [-0.15, -0.1) is 0 Å². The van der Waals surface area contributed by atoms with E-state index in [-0.39, 0.29) is 5.82 Å². The molecule has 0 fully saturated rings. The van der Waals surface area contributed by atoms with Crippen molar-refractivity contribution < 1.29 is 17.6 Å². The van der Waals surface area contributed by atoms with Crippen molar-refractivity contribution in [1.29, 1.82) is 0 Å². The Morgan fingerprint density at radius 3 is 2.35 bits per heavy atom. The van der Waals surface area contributed by atoms with Crippen molar-refractivity contribution in [2.75, 3.05) is 5.32 Å². The van der Waals surface area contributed by atoms with Crippen LogP contribution in [-0.2, 0) is 22.9 Å². The van der Waals surface area contributed by atoms with Gasteiger partial charge in [-0.05, 0) is 74.1 Å². The van der Waals surface area contributed by atoms with Gasteiger partial charge in [0.25, 0.3) is 5.16 Å². The summed E-state index contributed by atoms with van der Waals surface area (Å²) in [4.78, 5) is 24.4. The van der Waals surface area contributed by atoms with E-state index in [1.54, 1.807) is 44.4 Å². The summed E-state index contributed by atoms with van der Waals surface area (Å²) in [5, 5.41) is 2.13. The largest absolute Gasteiger partial charge is 0.333 e. The lowest BCUT2D eigenvalue weighted by Gasteiger charge is -2.17. The lowest BCUT2D eigenvalue weighted by molar-refractivity contribution is 0.256. The molecule has 10 heteroatoms. The van der Waals surface area contributed by atoms with Gasteiger partial charge in [0.05, 0.1) is 5.69 Å². The number of hydrogen-bond donors (Lipinski definition) is 2. The number of aromatic nitrogens is 3. The fourth-order valence-corrected chi connectivity index (χ4v) is 4.67. The van der Waals surface area contributed by atoms with Gasteiger partial charge in [0, 0.05) is 29.3 Å². The fraction of sp³-hybridized carbons (Fsp3) is 0.238. The Balaban J connectivity index is 1.69. The molecule has 3 aromatic rings. The number of urea groups is 1. The van der Waals surface area contributed by atoms with Gasteiger partial charge in [-0.25, -0.2) is 23.9 Å². The maximum Gasteiger partial charge on any atom is 0.333 e. The number of fused-ring (bicyclic) bond motifs is 1. The summed E-state index contributed by atoms with van der Waals surface area (Å²) in [6, 6.07) is 5.40. The van der Waals surface area contributed by atoms with Crippen LogP contribution in [0.5, 0.6) is 0 Å². The van der Waals surface area contributed by atoms with Crippen LogP contribution in [0, 0.1) is 19.7 Å². The zero-order chi connectivity index (χ0) is 22.2. The Labute approximate surface area is 179 Å². The highest BCUT2D eigenvalue weighted by Gasteiger charge is 2.26. The van der Waals surface area contributed by atoms with Crippen molar-refractivity contribution >= 4 is 21.7 Å². The number of nitrogens with one attached hydrogen (secondary N) is 2. The Hall–Kier alpha value is -3.40. The molecule has 2 heterocycles. The monoisotopic (exact) mass is 441 g/mol. The van der Waals surface area contributed by atoms with E-state index in [1.807, 2.05) is 4.72 Å². The highest BCUT2D eigenvalue weighted by molar-refractivity contribution is 7.89. The maximum absolute atomic E-state index is 14.7. The molecule has 4 rings (SSSR count). The number of aryl methyl sites for hydroxylation is 2. The number of amides is 2. The average molecular weight is 441 g/mol. The number of nitrogens with zero attached hydrogens (tertiary/aromatic N) is 3. The van der Waals surface area contributed by atoms with Crippen molar-refractivity contribution in [2.45, 2.75) is 38.3 Å². The minimum atomic E-state index is -4.29. The van der Waals surface area contributed by atoms with Crippen molar-refractivity contribution in [2.24, 2.45) is 0 Å². The number of benzene rings is 1. The Morgan fingerprint density at radius 1 is 1.03 bits per heavy atom. The first-order chi connectivity index (χ1) is 14.7. The highest BCUT2D eigenvalue weighted by Crippen LogP contribution is 2.39. The smallest absolute Gasteiger partial charge is 0.306 e. The van der Waals surface area contributed by atoms with Crippen molar-refractivity contribution in [3.8, 4) is 11.1 Å². The molecular weight excluding hydrogens is 421 g/mol. The van der Waals surface area contributed by atoms with Crippen molar-refractivity contribution in [3.05, 3.63) is 65.0 Å². The summed E-state index contributed by atoms with van der Waals surface area (Å²) in [5.41, 5.74) is 3.62. The molecule has 0 radical (unpaired) electrons. The second-order valence-electron chi connectivity index (χ2n) is 7.32. The number of halogens is 1. The molecule has 0 saturated carbocycles. The predicted molar refractivity (Wildman–Crippen MR) is 113 cm³/mol. The van der Waals surface area contributed by atoms with E-state index >= 15 is 0 Å². The van der Waals surface area contributed by atoms with E-state index in [9.17, 15) is 17.6 Å². The van der Waals surface area contributed by atoms with Gasteiger partial charge in [-0.1, -0.05) is 0 Å². The lowest BCUT2D eigenvalue weighted by atomic mass is 9.97. The molecule has 1 aliphatic carbocycles. The van der Waals surface area contributed by atoms with Gasteiger partial charge < -0.3 is 5.32 Å². The summed E-state index contributed by atoms with van der Waals surface area (Å²) in [7, 11) is -4.29. The molecule has 0 aliphatic heterocycles. The van der Waals surface area contributed by atoms with Crippen LogP contribution in [-0.4, -0.2) is 29.4 Å². The number of carbonyl (C=O) groups excluding carboxylic acids is 1. The molecule has 160 valence electrons. The van der Waals surface area contributed by atoms with E-state index in [2.05, 4.69) is 20.3 Å². The maximum atomic E-state index is 14.7. The standard InChI is InChI=1S/C21H20FN5O3S/c1-12-10-13(2)25-21(24-12)31(29,30)27-20(28)26-19-16-5-3-4-15(16)18(22)11-17(19)14-6-8-23-9-7-14/h6-11H,3-5H2,1-2H3,(H2,26,27,28). The van der Waals surface area contributed by atoms with Crippen LogP contribution in [0.1, 0.15) is 28.9 Å². The minimum Gasteiger partial charge on any atom is -0.306 e. The highest BCUT2D eigenvalue weighted by atomic mass is 32.2. The molecule has 1 aliphatic rings. The van der Waals surface area contributed by atoms with Crippen molar-refractivity contribution in [3.63, 3.8) is 0 Å². The second kappa shape index (κ2) is 8.03. The third kappa shape index (κ3) is 4.24. The van der Waals surface area contributed by atoms with Crippen LogP contribution in [0.2, 0.25) is 0 Å². The van der Waals surface area contributed by atoms with Gasteiger partial charge in [-0.3, -0.25) is 4.98 Å².